The molecule has 3 rings (SSSR count). The van der Waals surface area contributed by atoms with Gasteiger partial charge in [-0.2, -0.15) is 11.3 Å². The normalized spacial score (nSPS) is 11.5. The van der Waals surface area contributed by atoms with Crippen molar-refractivity contribution in [2.24, 2.45) is 0 Å². The van der Waals surface area contributed by atoms with E-state index in [1.807, 2.05) is 23.6 Å². The van der Waals surface area contributed by atoms with E-state index in [4.69, 9.17) is 16.3 Å². The number of methoxy groups -OCH3 is 1. The number of para-hydroxylation sites is 1. The molecule has 0 bridgehead atoms. The molecule has 0 aliphatic heterocycles. The van der Waals surface area contributed by atoms with Gasteiger partial charge in [-0.3, -0.25) is 9.59 Å². The van der Waals surface area contributed by atoms with Crippen molar-refractivity contribution in [3.63, 3.8) is 0 Å². The van der Waals surface area contributed by atoms with Crippen LogP contribution in [0.5, 0.6) is 11.5 Å². The number of ether oxygens (including phenoxy) is 1. The maximum Gasteiger partial charge on any atom is 0.252 e. The van der Waals surface area contributed by atoms with Gasteiger partial charge in [0.25, 0.3) is 11.8 Å². The van der Waals surface area contributed by atoms with E-state index >= 15 is 0 Å². The Bertz CT molecular complexity index is 1010. The van der Waals surface area contributed by atoms with Crippen molar-refractivity contribution in [3.8, 4) is 11.5 Å². The van der Waals surface area contributed by atoms with Gasteiger partial charge in [-0.05, 0) is 35.7 Å². The summed E-state index contributed by atoms with van der Waals surface area (Å²) < 4.78 is 5.41. The number of carbonyl (C=O) groups is 2. The zero-order chi connectivity index (χ0) is 20.8. The van der Waals surface area contributed by atoms with Crippen molar-refractivity contribution >= 4 is 34.8 Å². The van der Waals surface area contributed by atoms with E-state index in [0.717, 1.165) is 5.56 Å². The van der Waals surface area contributed by atoms with E-state index in [2.05, 4.69) is 10.6 Å². The van der Waals surface area contributed by atoms with Gasteiger partial charge in [0.2, 0.25) is 0 Å². The number of aromatic hydroxyl groups is 1. The molecule has 0 saturated heterocycles. The van der Waals surface area contributed by atoms with Crippen molar-refractivity contribution in [1.82, 2.24) is 10.6 Å². The lowest BCUT2D eigenvalue weighted by Crippen LogP contribution is -2.38. The summed E-state index contributed by atoms with van der Waals surface area (Å²) in [5, 5.41) is 19.0. The molecule has 1 aromatic heterocycles. The zero-order valence-electron chi connectivity index (χ0n) is 15.5. The minimum absolute atomic E-state index is 0.0808. The highest BCUT2D eigenvalue weighted by molar-refractivity contribution is 7.08. The first-order valence-electron chi connectivity index (χ1n) is 8.72. The summed E-state index contributed by atoms with van der Waals surface area (Å²) in [6, 6.07) is 12.7. The molecule has 0 aliphatic carbocycles. The smallest absolute Gasteiger partial charge is 0.252 e. The molecule has 1 heterocycles. The summed E-state index contributed by atoms with van der Waals surface area (Å²) in [4.78, 5) is 25.1. The topological polar surface area (TPSA) is 87.7 Å². The number of thiophene rings is 1. The van der Waals surface area contributed by atoms with Crippen LogP contribution in [0.4, 0.5) is 0 Å². The van der Waals surface area contributed by atoms with Crippen molar-refractivity contribution in [3.05, 3.63) is 81.0 Å². The van der Waals surface area contributed by atoms with E-state index in [-0.39, 0.29) is 28.8 Å². The average molecular weight is 431 g/mol. The Morgan fingerprint density at radius 2 is 1.93 bits per heavy atom. The van der Waals surface area contributed by atoms with Crippen LogP contribution in [0.2, 0.25) is 5.02 Å². The van der Waals surface area contributed by atoms with E-state index in [1.54, 1.807) is 24.6 Å². The molecule has 2 aromatic carbocycles. The van der Waals surface area contributed by atoms with E-state index in [1.165, 1.54) is 29.5 Å². The van der Waals surface area contributed by atoms with Crippen molar-refractivity contribution in [1.29, 1.82) is 0 Å². The number of carbonyl (C=O) groups excluding carboxylic acids is 2. The van der Waals surface area contributed by atoms with Crippen LogP contribution in [-0.2, 0) is 0 Å². The number of rotatable bonds is 7. The van der Waals surface area contributed by atoms with Crippen LogP contribution in [0.25, 0.3) is 0 Å². The van der Waals surface area contributed by atoms with Crippen molar-refractivity contribution < 1.29 is 19.4 Å². The van der Waals surface area contributed by atoms with Crippen molar-refractivity contribution in [2.45, 2.75) is 6.04 Å². The number of phenolic OH excluding ortho intramolecular Hbond substituents is 1. The lowest BCUT2D eigenvalue weighted by molar-refractivity contribution is 0.0908. The van der Waals surface area contributed by atoms with Gasteiger partial charge >= 0.3 is 0 Å². The van der Waals surface area contributed by atoms with Crippen molar-refractivity contribution in [2.75, 3.05) is 13.7 Å². The number of hydrogen-bond acceptors (Lipinski definition) is 5. The Balaban J connectivity index is 1.82. The minimum Gasteiger partial charge on any atom is -0.506 e. The summed E-state index contributed by atoms with van der Waals surface area (Å²) >= 11 is 7.34. The third-order valence-electron chi connectivity index (χ3n) is 4.28. The fourth-order valence-corrected chi connectivity index (χ4v) is 3.59. The van der Waals surface area contributed by atoms with Gasteiger partial charge in [0.1, 0.15) is 11.5 Å². The molecule has 6 nitrogen and oxygen atoms in total. The highest BCUT2D eigenvalue weighted by atomic mass is 35.5. The fraction of sp³-hybridized carbons (Fsp3) is 0.143. The Labute approximate surface area is 177 Å². The number of benzene rings is 2. The van der Waals surface area contributed by atoms with E-state index in [0.29, 0.717) is 11.3 Å². The molecule has 150 valence electrons. The first kappa shape index (κ1) is 20.7. The molecule has 2 amide bonds. The van der Waals surface area contributed by atoms with Crippen LogP contribution in [0.1, 0.15) is 32.3 Å². The molecule has 1 atom stereocenters. The first-order chi connectivity index (χ1) is 14.0. The van der Waals surface area contributed by atoms with Gasteiger partial charge in [0, 0.05) is 28.6 Å². The lowest BCUT2D eigenvalue weighted by atomic mass is 10.0. The lowest BCUT2D eigenvalue weighted by Gasteiger charge is -2.22. The summed E-state index contributed by atoms with van der Waals surface area (Å²) in [7, 11) is 1.54. The third-order valence-corrected chi connectivity index (χ3v) is 5.27. The Morgan fingerprint density at radius 1 is 1.14 bits per heavy atom. The predicted octanol–water partition coefficient (Wildman–Crippen LogP) is 4.02. The largest absolute Gasteiger partial charge is 0.506 e. The van der Waals surface area contributed by atoms with Gasteiger partial charge in [-0.1, -0.05) is 29.8 Å². The maximum atomic E-state index is 12.8. The highest BCUT2D eigenvalue weighted by Gasteiger charge is 2.21. The number of phenols is 1. The third kappa shape index (κ3) is 5.07. The number of amides is 2. The molecule has 1 unspecified atom stereocenters. The van der Waals surface area contributed by atoms with Gasteiger partial charge < -0.3 is 20.5 Å². The summed E-state index contributed by atoms with van der Waals surface area (Å²) in [6.07, 6.45) is 0. The molecule has 3 aromatic rings. The predicted molar refractivity (Wildman–Crippen MR) is 113 cm³/mol. The number of nitrogens with one attached hydrogen (secondary N) is 2. The molecule has 29 heavy (non-hydrogen) atoms. The molecular formula is C21H19ClN2O4S. The van der Waals surface area contributed by atoms with Crippen LogP contribution in [0.15, 0.2) is 59.3 Å². The molecule has 0 radical (unpaired) electrons. The maximum absolute atomic E-state index is 12.8. The summed E-state index contributed by atoms with van der Waals surface area (Å²) in [6.45, 7) is 0.159. The molecule has 0 aliphatic rings. The number of hydrogen-bond donors (Lipinski definition) is 3. The van der Waals surface area contributed by atoms with Crippen LogP contribution < -0.4 is 15.4 Å². The van der Waals surface area contributed by atoms with Gasteiger partial charge in [-0.15, -0.1) is 0 Å². The Kier molecular flexibility index (Phi) is 6.74. The van der Waals surface area contributed by atoms with E-state index in [9.17, 15) is 14.7 Å². The van der Waals surface area contributed by atoms with Crippen LogP contribution in [0, 0.1) is 0 Å². The van der Waals surface area contributed by atoms with Gasteiger partial charge in [0.15, 0.2) is 0 Å². The molecule has 0 saturated carbocycles. The quantitative estimate of drug-likeness (QED) is 0.528. The second-order valence-corrected chi connectivity index (χ2v) is 7.34. The Hall–Kier alpha value is -3.03. The Morgan fingerprint density at radius 3 is 2.62 bits per heavy atom. The molecule has 8 heteroatoms. The average Bonchev–Trinajstić information content (AvgIpc) is 3.27. The second-order valence-electron chi connectivity index (χ2n) is 6.16. The summed E-state index contributed by atoms with van der Waals surface area (Å²) in [5.41, 5.74) is 1.57. The second kappa shape index (κ2) is 9.45. The first-order valence-corrected chi connectivity index (χ1v) is 10.0. The van der Waals surface area contributed by atoms with Crippen LogP contribution in [0.3, 0.4) is 0 Å². The standard InChI is InChI=1S/C21H19ClN2O4S/c1-28-19-5-3-2-4-15(19)17(11-23-20(26)14-8-9-29-12-14)24-21(27)13-6-7-18(25)16(22)10-13/h2-10,12,17,25H,11H2,1H3,(H,23,26)(H,24,27). The monoisotopic (exact) mass is 430 g/mol. The molecular weight excluding hydrogens is 412 g/mol. The fourth-order valence-electron chi connectivity index (χ4n) is 2.77. The van der Waals surface area contributed by atoms with Gasteiger partial charge in [-0.25, -0.2) is 0 Å². The minimum atomic E-state index is -0.547. The van der Waals surface area contributed by atoms with Crippen LogP contribution >= 0.6 is 22.9 Å². The SMILES string of the molecule is COc1ccccc1C(CNC(=O)c1ccsc1)NC(=O)c1ccc(O)c(Cl)c1. The van der Waals surface area contributed by atoms with Gasteiger partial charge in [0.05, 0.1) is 18.2 Å². The number of halogens is 1. The highest BCUT2D eigenvalue weighted by Crippen LogP contribution is 2.26. The zero-order valence-corrected chi connectivity index (χ0v) is 17.1. The molecule has 0 spiro atoms. The van der Waals surface area contributed by atoms with E-state index < -0.39 is 11.9 Å². The molecule has 0 fully saturated rings. The molecule has 3 N–H and O–H groups in total. The van der Waals surface area contributed by atoms with Crippen LogP contribution in [-0.4, -0.2) is 30.6 Å². The summed E-state index contributed by atoms with van der Waals surface area (Å²) in [5.74, 6) is -0.139.